The van der Waals surface area contributed by atoms with E-state index in [2.05, 4.69) is 44.5 Å². The second-order valence-electron chi connectivity index (χ2n) is 6.97. The quantitative estimate of drug-likeness (QED) is 0.533. The van der Waals surface area contributed by atoms with Gasteiger partial charge in [0.05, 0.1) is 5.69 Å². The Morgan fingerprint density at radius 1 is 1.14 bits per heavy atom. The van der Waals surface area contributed by atoms with Crippen molar-refractivity contribution in [3.63, 3.8) is 0 Å². The van der Waals surface area contributed by atoms with Crippen molar-refractivity contribution in [2.24, 2.45) is 0 Å². The summed E-state index contributed by atoms with van der Waals surface area (Å²) >= 11 is 7.74. The smallest absolute Gasteiger partial charge is 0.277 e. The monoisotopic (exact) mass is 423 g/mol. The SMILES string of the molecule is O=C(Nc1nc2c(s1)CN(Cc1ccccc1)CC2)c1c(Cl)nc2ccccn12. The number of anilines is 1. The fourth-order valence-electron chi connectivity index (χ4n) is 3.60. The van der Waals surface area contributed by atoms with Gasteiger partial charge in [-0.1, -0.05) is 48.0 Å². The normalized spacial score (nSPS) is 14.1. The minimum Gasteiger partial charge on any atom is -0.296 e. The van der Waals surface area contributed by atoms with Crippen LogP contribution in [0.3, 0.4) is 0 Å². The van der Waals surface area contributed by atoms with Gasteiger partial charge in [0.25, 0.3) is 5.91 Å². The van der Waals surface area contributed by atoms with E-state index >= 15 is 0 Å². The molecular weight excluding hydrogens is 406 g/mol. The molecule has 29 heavy (non-hydrogen) atoms. The van der Waals surface area contributed by atoms with Crippen molar-refractivity contribution in [1.82, 2.24) is 19.3 Å². The molecule has 1 aliphatic heterocycles. The Labute approximate surface area is 176 Å². The molecular formula is C21H18ClN5OS. The van der Waals surface area contributed by atoms with Gasteiger partial charge >= 0.3 is 0 Å². The molecule has 0 radical (unpaired) electrons. The van der Waals surface area contributed by atoms with Gasteiger partial charge in [-0.2, -0.15) is 0 Å². The molecule has 1 aromatic carbocycles. The topological polar surface area (TPSA) is 62.5 Å². The Bertz CT molecular complexity index is 1190. The van der Waals surface area contributed by atoms with Gasteiger partial charge in [-0.05, 0) is 17.7 Å². The van der Waals surface area contributed by atoms with Crippen molar-refractivity contribution in [3.8, 4) is 0 Å². The van der Waals surface area contributed by atoms with Crippen LogP contribution in [0.15, 0.2) is 54.7 Å². The number of thiazole rings is 1. The average Bonchev–Trinajstić information content (AvgIpc) is 3.27. The van der Waals surface area contributed by atoms with E-state index in [4.69, 9.17) is 11.6 Å². The number of hydrogen-bond acceptors (Lipinski definition) is 5. The highest BCUT2D eigenvalue weighted by atomic mass is 35.5. The van der Waals surface area contributed by atoms with E-state index in [9.17, 15) is 4.79 Å². The molecule has 1 amide bonds. The Morgan fingerprint density at radius 2 is 1.97 bits per heavy atom. The minimum atomic E-state index is -0.305. The van der Waals surface area contributed by atoms with Crippen LogP contribution in [0.4, 0.5) is 5.13 Å². The van der Waals surface area contributed by atoms with Gasteiger partial charge in [0.1, 0.15) is 5.65 Å². The number of rotatable bonds is 4. The summed E-state index contributed by atoms with van der Waals surface area (Å²) in [6.07, 6.45) is 2.66. The third-order valence-corrected chi connectivity index (χ3v) is 6.24. The predicted molar refractivity (Wildman–Crippen MR) is 115 cm³/mol. The van der Waals surface area contributed by atoms with E-state index in [0.717, 1.165) is 31.7 Å². The third kappa shape index (κ3) is 3.64. The molecule has 0 aliphatic carbocycles. The summed E-state index contributed by atoms with van der Waals surface area (Å²) < 4.78 is 1.69. The molecule has 6 nitrogen and oxygen atoms in total. The number of hydrogen-bond donors (Lipinski definition) is 1. The number of pyridine rings is 1. The van der Waals surface area contributed by atoms with Crippen LogP contribution in [0.1, 0.15) is 26.6 Å². The summed E-state index contributed by atoms with van der Waals surface area (Å²) in [6, 6.07) is 16.0. The second kappa shape index (κ2) is 7.59. The molecule has 1 N–H and O–H groups in total. The van der Waals surface area contributed by atoms with Gasteiger partial charge < -0.3 is 0 Å². The lowest BCUT2D eigenvalue weighted by molar-refractivity contribution is 0.102. The average molecular weight is 424 g/mol. The minimum absolute atomic E-state index is 0.184. The molecule has 146 valence electrons. The summed E-state index contributed by atoms with van der Waals surface area (Å²) in [7, 11) is 0. The summed E-state index contributed by atoms with van der Waals surface area (Å²) in [5, 5.41) is 3.69. The first-order valence-electron chi connectivity index (χ1n) is 9.36. The van der Waals surface area contributed by atoms with E-state index in [1.54, 1.807) is 10.6 Å². The number of benzene rings is 1. The number of amides is 1. The van der Waals surface area contributed by atoms with Gasteiger partial charge in [0.2, 0.25) is 0 Å². The van der Waals surface area contributed by atoms with E-state index in [1.807, 2.05) is 24.3 Å². The summed E-state index contributed by atoms with van der Waals surface area (Å²) in [5.74, 6) is -0.305. The maximum Gasteiger partial charge on any atom is 0.277 e. The number of aromatic nitrogens is 3. The summed E-state index contributed by atoms with van der Waals surface area (Å²) in [4.78, 5) is 25.3. The number of nitrogens with zero attached hydrogens (tertiary/aromatic N) is 4. The first kappa shape index (κ1) is 18.3. The highest BCUT2D eigenvalue weighted by Crippen LogP contribution is 2.30. The highest BCUT2D eigenvalue weighted by Gasteiger charge is 2.23. The number of nitrogens with one attached hydrogen (secondary N) is 1. The Morgan fingerprint density at radius 3 is 2.83 bits per heavy atom. The zero-order valence-electron chi connectivity index (χ0n) is 15.5. The Hall–Kier alpha value is -2.74. The standard InChI is InChI=1S/C21H18ClN5OS/c22-19-18(27-10-5-4-8-17(27)24-19)20(28)25-21-23-15-9-11-26(13-16(15)29-21)12-14-6-2-1-3-7-14/h1-8,10H,9,11-13H2,(H,23,25,28). The van der Waals surface area contributed by atoms with Crippen molar-refractivity contribution in [3.05, 3.63) is 81.7 Å². The van der Waals surface area contributed by atoms with Crippen LogP contribution in [0.2, 0.25) is 5.15 Å². The number of halogens is 1. The zero-order chi connectivity index (χ0) is 19.8. The molecule has 0 unspecified atom stereocenters. The molecule has 5 rings (SSSR count). The summed E-state index contributed by atoms with van der Waals surface area (Å²) in [6.45, 7) is 2.71. The molecule has 0 saturated heterocycles. The molecule has 8 heteroatoms. The molecule has 4 heterocycles. The molecule has 0 atom stereocenters. The number of carbonyl (C=O) groups excluding carboxylic acids is 1. The van der Waals surface area contributed by atoms with Crippen LogP contribution in [0, 0.1) is 0 Å². The van der Waals surface area contributed by atoms with Gasteiger partial charge in [0.15, 0.2) is 16.0 Å². The maximum atomic E-state index is 12.8. The van der Waals surface area contributed by atoms with Crippen LogP contribution in [-0.4, -0.2) is 31.7 Å². The van der Waals surface area contributed by atoms with Gasteiger partial charge in [-0.3, -0.25) is 19.4 Å². The van der Waals surface area contributed by atoms with Crippen LogP contribution < -0.4 is 5.32 Å². The molecule has 3 aromatic heterocycles. The van der Waals surface area contributed by atoms with Gasteiger partial charge in [-0.25, -0.2) is 9.97 Å². The molecule has 1 aliphatic rings. The predicted octanol–water partition coefficient (Wildman–Crippen LogP) is 4.25. The number of fused-ring (bicyclic) bond motifs is 2. The molecule has 0 bridgehead atoms. The highest BCUT2D eigenvalue weighted by molar-refractivity contribution is 7.15. The fraction of sp³-hybridized carbons (Fsp3) is 0.190. The fourth-order valence-corrected chi connectivity index (χ4v) is 4.91. The van der Waals surface area contributed by atoms with Crippen LogP contribution >= 0.6 is 22.9 Å². The van der Waals surface area contributed by atoms with E-state index < -0.39 is 0 Å². The maximum absolute atomic E-state index is 12.8. The third-order valence-electron chi connectivity index (χ3n) is 4.98. The molecule has 0 fully saturated rings. The van der Waals surface area contributed by atoms with Crippen molar-refractivity contribution in [1.29, 1.82) is 0 Å². The largest absolute Gasteiger partial charge is 0.296 e. The Kier molecular flexibility index (Phi) is 4.79. The lowest BCUT2D eigenvalue weighted by Gasteiger charge is -2.25. The first-order valence-corrected chi connectivity index (χ1v) is 10.6. The van der Waals surface area contributed by atoms with Crippen molar-refractivity contribution >= 4 is 39.6 Å². The molecule has 0 saturated carbocycles. The van der Waals surface area contributed by atoms with Crippen LogP contribution in [-0.2, 0) is 19.5 Å². The van der Waals surface area contributed by atoms with E-state index in [1.165, 1.54) is 21.8 Å². The number of imidazole rings is 1. The molecule has 0 spiro atoms. The second-order valence-corrected chi connectivity index (χ2v) is 8.41. The molecule has 4 aromatic rings. The van der Waals surface area contributed by atoms with Crippen LogP contribution in [0.25, 0.3) is 5.65 Å². The van der Waals surface area contributed by atoms with Crippen molar-refractivity contribution in [2.45, 2.75) is 19.5 Å². The van der Waals surface area contributed by atoms with Crippen LogP contribution in [0.5, 0.6) is 0 Å². The zero-order valence-corrected chi connectivity index (χ0v) is 17.1. The van der Waals surface area contributed by atoms with Crippen molar-refractivity contribution in [2.75, 3.05) is 11.9 Å². The van der Waals surface area contributed by atoms with Crippen molar-refractivity contribution < 1.29 is 4.79 Å². The first-order chi connectivity index (χ1) is 14.2. The van der Waals surface area contributed by atoms with Gasteiger partial charge in [-0.15, -0.1) is 11.3 Å². The summed E-state index contributed by atoms with van der Waals surface area (Å²) in [5.41, 5.74) is 3.33. The lowest BCUT2D eigenvalue weighted by atomic mass is 10.1. The van der Waals surface area contributed by atoms with Gasteiger partial charge in [0, 0.05) is 37.1 Å². The Balaban J connectivity index is 1.32. The lowest BCUT2D eigenvalue weighted by Crippen LogP contribution is -2.29. The van der Waals surface area contributed by atoms with E-state index in [-0.39, 0.29) is 11.1 Å². The number of carbonyl (C=O) groups is 1. The van der Waals surface area contributed by atoms with E-state index in [0.29, 0.717) is 16.5 Å².